The van der Waals surface area contributed by atoms with Gasteiger partial charge in [-0.3, -0.25) is 9.69 Å². The van der Waals surface area contributed by atoms with Gasteiger partial charge in [-0.25, -0.2) is 0 Å². The molecular weight excluding hydrogens is 368 g/mol. The van der Waals surface area contributed by atoms with E-state index in [0.29, 0.717) is 13.1 Å². The second-order valence-corrected chi connectivity index (χ2v) is 6.66. The number of methoxy groups -OCH3 is 1. The Labute approximate surface area is 151 Å². The van der Waals surface area contributed by atoms with Crippen LogP contribution in [0.5, 0.6) is 5.75 Å². The van der Waals surface area contributed by atoms with Crippen molar-refractivity contribution in [3.63, 3.8) is 0 Å². The van der Waals surface area contributed by atoms with Crippen LogP contribution in [0.2, 0.25) is 0 Å². The van der Waals surface area contributed by atoms with Crippen LogP contribution >= 0.6 is 15.9 Å². The molecule has 2 aromatic rings. The lowest BCUT2D eigenvalue weighted by Gasteiger charge is -2.16. The third-order valence-electron chi connectivity index (χ3n) is 3.67. The number of ether oxygens (including phenoxy) is 1. The van der Waals surface area contributed by atoms with Crippen molar-refractivity contribution >= 4 is 21.8 Å². The molecule has 0 unspecified atom stereocenters. The van der Waals surface area contributed by atoms with E-state index in [0.717, 1.165) is 23.2 Å². The average Bonchev–Trinajstić information content (AvgIpc) is 2.57. The molecule has 0 aromatic heterocycles. The summed E-state index contributed by atoms with van der Waals surface area (Å²) in [7, 11) is 3.60. The van der Waals surface area contributed by atoms with Crippen molar-refractivity contribution in [3.8, 4) is 5.75 Å². The Morgan fingerprint density at radius 2 is 1.71 bits per heavy atom. The Bertz CT molecular complexity index is 641. The summed E-state index contributed by atoms with van der Waals surface area (Å²) in [6, 6.07) is 16.0. The number of nitrogens with zero attached hydrogens (tertiary/aromatic N) is 1. The standard InChI is InChI=1S/C19H23BrN2O2/c1-22(13-16-3-7-17(20)8-4-16)14-19(23)21-12-11-15-5-9-18(24-2)10-6-15/h3-10H,11-14H2,1-2H3,(H,21,23). The second-order valence-electron chi connectivity index (χ2n) is 5.75. The molecule has 0 aliphatic rings. The van der Waals surface area contributed by atoms with Crippen LogP contribution in [0.1, 0.15) is 11.1 Å². The Balaban J connectivity index is 1.69. The predicted octanol–water partition coefficient (Wildman–Crippen LogP) is 3.25. The van der Waals surface area contributed by atoms with E-state index in [-0.39, 0.29) is 5.91 Å². The van der Waals surface area contributed by atoms with E-state index in [2.05, 4.69) is 33.4 Å². The zero-order valence-corrected chi connectivity index (χ0v) is 15.7. The van der Waals surface area contributed by atoms with Crippen LogP contribution in [-0.2, 0) is 17.8 Å². The van der Waals surface area contributed by atoms with Crippen molar-refractivity contribution in [2.45, 2.75) is 13.0 Å². The van der Waals surface area contributed by atoms with Crippen LogP contribution < -0.4 is 10.1 Å². The van der Waals surface area contributed by atoms with Crippen molar-refractivity contribution in [2.24, 2.45) is 0 Å². The molecule has 0 saturated heterocycles. The summed E-state index contributed by atoms with van der Waals surface area (Å²) in [6.07, 6.45) is 0.812. The highest BCUT2D eigenvalue weighted by molar-refractivity contribution is 9.10. The van der Waals surface area contributed by atoms with Crippen LogP contribution in [0.15, 0.2) is 53.0 Å². The third-order valence-corrected chi connectivity index (χ3v) is 4.20. The molecule has 128 valence electrons. The molecule has 24 heavy (non-hydrogen) atoms. The summed E-state index contributed by atoms with van der Waals surface area (Å²) in [5.74, 6) is 0.889. The van der Waals surface area contributed by atoms with E-state index in [1.165, 1.54) is 11.1 Å². The number of nitrogens with one attached hydrogen (secondary N) is 1. The van der Waals surface area contributed by atoms with Crippen molar-refractivity contribution < 1.29 is 9.53 Å². The second kappa shape index (κ2) is 9.45. The van der Waals surface area contributed by atoms with Crippen molar-refractivity contribution in [1.29, 1.82) is 0 Å². The maximum absolute atomic E-state index is 12.0. The lowest BCUT2D eigenvalue weighted by Crippen LogP contribution is -2.35. The summed E-state index contributed by atoms with van der Waals surface area (Å²) in [6.45, 7) is 1.77. The Kier molecular flexibility index (Phi) is 7.28. The van der Waals surface area contributed by atoms with Gasteiger partial charge in [-0.2, -0.15) is 0 Å². The van der Waals surface area contributed by atoms with Gasteiger partial charge < -0.3 is 10.1 Å². The van der Waals surface area contributed by atoms with E-state index in [1.807, 2.05) is 48.3 Å². The molecule has 2 aromatic carbocycles. The maximum atomic E-state index is 12.0. The summed E-state index contributed by atoms with van der Waals surface area (Å²) in [5.41, 5.74) is 2.37. The lowest BCUT2D eigenvalue weighted by molar-refractivity contribution is -0.122. The van der Waals surface area contributed by atoms with Gasteiger partial charge >= 0.3 is 0 Å². The Hall–Kier alpha value is -1.85. The van der Waals surface area contributed by atoms with Gasteiger partial charge in [0, 0.05) is 17.6 Å². The van der Waals surface area contributed by atoms with Gasteiger partial charge in [0.15, 0.2) is 0 Å². The van der Waals surface area contributed by atoms with Crippen LogP contribution in [-0.4, -0.2) is 38.1 Å². The minimum absolute atomic E-state index is 0.0446. The molecule has 2 rings (SSSR count). The molecule has 0 atom stereocenters. The third kappa shape index (κ3) is 6.34. The number of carbonyl (C=O) groups is 1. The number of rotatable bonds is 8. The van der Waals surface area contributed by atoms with Crippen LogP contribution in [0.25, 0.3) is 0 Å². The van der Waals surface area contributed by atoms with Crippen molar-refractivity contribution in [3.05, 3.63) is 64.1 Å². The monoisotopic (exact) mass is 390 g/mol. The number of benzene rings is 2. The number of amides is 1. The Morgan fingerprint density at radius 1 is 1.08 bits per heavy atom. The largest absolute Gasteiger partial charge is 0.497 e. The van der Waals surface area contributed by atoms with E-state index in [4.69, 9.17) is 4.74 Å². The lowest BCUT2D eigenvalue weighted by atomic mass is 10.1. The molecule has 0 fully saturated rings. The maximum Gasteiger partial charge on any atom is 0.234 e. The van der Waals surface area contributed by atoms with Gasteiger partial charge in [-0.05, 0) is 48.9 Å². The molecule has 0 aliphatic carbocycles. The molecule has 0 aliphatic heterocycles. The summed E-state index contributed by atoms with van der Waals surface area (Å²) in [5, 5.41) is 2.97. The molecule has 0 radical (unpaired) electrons. The smallest absolute Gasteiger partial charge is 0.234 e. The number of likely N-dealkylation sites (N-methyl/N-ethyl adjacent to an activating group) is 1. The van der Waals surface area contributed by atoms with E-state index in [9.17, 15) is 4.79 Å². The van der Waals surface area contributed by atoms with Crippen LogP contribution in [0.3, 0.4) is 0 Å². The van der Waals surface area contributed by atoms with Gasteiger partial charge in [0.1, 0.15) is 5.75 Å². The minimum Gasteiger partial charge on any atom is -0.497 e. The first kappa shape index (κ1) is 18.5. The SMILES string of the molecule is COc1ccc(CCNC(=O)CN(C)Cc2ccc(Br)cc2)cc1. The first-order valence-electron chi connectivity index (χ1n) is 7.89. The fourth-order valence-electron chi connectivity index (χ4n) is 2.40. The first-order valence-corrected chi connectivity index (χ1v) is 8.69. The summed E-state index contributed by atoms with van der Waals surface area (Å²) < 4.78 is 6.19. The quantitative estimate of drug-likeness (QED) is 0.751. The van der Waals surface area contributed by atoms with Gasteiger partial charge in [0.05, 0.1) is 13.7 Å². The fourth-order valence-corrected chi connectivity index (χ4v) is 2.66. The molecule has 1 amide bonds. The number of halogens is 1. The van der Waals surface area contributed by atoms with E-state index >= 15 is 0 Å². The predicted molar refractivity (Wildman–Crippen MR) is 100 cm³/mol. The minimum atomic E-state index is 0.0446. The van der Waals surface area contributed by atoms with Gasteiger partial charge in [0.2, 0.25) is 5.91 Å². The van der Waals surface area contributed by atoms with Gasteiger partial charge in [-0.15, -0.1) is 0 Å². The number of hydrogen-bond donors (Lipinski definition) is 1. The molecule has 4 nitrogen and oxygen atoms in total. The zero-order chi connectivity index (χ0) is 17.4. The molecule has 0 spiro atoms. The molecular formula is C19H23BrN2O2. The molecule has 0 bridgehead atoms. The highest BCUT2D eigenvalue weighted by Gasteiger charge is 2.07. The number of hydrogen-bond acceptors (Lipinski definition) is 3. The van der Waals surface area contributed by atoms with Crippen LogP contribution in [0.4, 0.5) is 0 Å². The molecule has 0 saturated carbocycles. The normalized spacial score (nSPS) is 10.7. The molecule has 0 heterocycles. The molecule has 1 N–H and O–H groups in total. The Morgan fingerprint density at radius 3 is 2.33 bits per heavy atom. The summed E-state index contributed by atoms with van der Waals surface area (Å²) >= 11 is 3.42. The first-order chi connectivity index (χ1) is 11.6. The van der Waals surface area contributed by atoms with E-state index < -0.39 is 0 Å². The van der Waals surface area contributed by atoms with Gasteiger partial charge in [-0.1, -0.05) is 40.2 Å². The van der Waals surface area contributed by atoms with Gasteiger partial charge in [0.25, 0.3) is 0 Å². The van der Waals surface area contributed by atoms with Crippen molar-refractivity contribution in [2.75, 3.05) is 27.2 Å². The van der Waals surface area contributed by atoms with E-state index in [1.54, 1.807) is 7.11 Å². The number of carbonyl (C=O) groups excluding carboxylic acids is 1. The zero-order valence-electron chi connectivity index (χ0n) is 14.1. The average molecular weight is 391 g/mol. The summed E-state index contributed by atoms with van der Waals surface area (Å²) in [4.78, 5) is 14.0. The highest BCUT2D eigenvalue weighted by Crippen LogP contribution is 2.12. The van der Waals surface area contributed by atoms with Crippen molar-refractivity contribution in [1.82, 2.24) is 10.2 Å². The van der Waals surface area contributed by atoms with Crippen LogP contribution in [0, 0.1) is 0 Å². The topological polar surface area (TPSA) is 41.6 Å². The molecule has 5 heteroatoms. The highest BCUT2D eigenvalue weighted by atomic mass is 79.9. The fraction of sp³-hybridized carbons (Fsp3) is 0.316.